The SMILES string of the molecule is CC1(C)CB(C2=CC/C(CC(F)(F)F)=C\CC=C2N)OC(C)(C)C1. The minimum absolute atomic E-state index is 0.0978. The van der Waals surface area contributed by atoms with Crippen LogP contribution in [0.4, 0.5) is 13.2 Å². The lowest BCUT2D eigenvalue weighted by Crippen LogP contribution is -2.47. The van der Waals surface area contributed by atoms with Gasteiger partial charge >= 0.3 is 13.1 Å². The Hall–Kier alpha value is -1.17. The maximum absolute atomic E-state index is 12.7. The molecule has 0 radical (unpaired) electrons. The molecular formula is C18H27BF3NO. The zero-order chi connectivity index (χ0) is 18.2. The van der Waals surface area contributed by atoms with Crippen LogP contribution in [0.25, 0.3) is 0 Å². The Kier molecular flexibility index (Phi) is 5.29. The molecule has 0 spiro atoms. The summed E-state index contributed by atoms with van der Waals surface area (Å²) >= 11 is 0. The fraction of sp³-hybridized carbons (Fsp3) is 0.667. The van der Waals surface area contributed by atoms with Crippen LogP contribution in [-0.2, 0) is 4.65 Å². The normalized spacial score (nSPS) is 26.6. The van der Waals surface area contributed by atoms with Gasteiger partial charge in [-0.2, -0.15) is 13.2 Å². The molecule has 0 aromatic rings. The summed E-state index contributed by atoms with van der Waals surface area (Å²) in [6.07, 6.45) is 2.64. The predicted octanol–water partition coefficient (Wildman–Crippen LogP) is 5.18. The summed E-state index contributed by atoms with van der Waals surface area (Å²) < 4.78 is 44.3. The molecule has 0 bridgehead atoms. The summed E-state index contributed by atoms with van der Waals surface area (Å²) in [4.78, 5) is 0. The van der Waals surface area contributed by atoms with Crippen LogP contribution in [0.5, 0.6) is 0 Å². The van der Waals surface area contributed by atoms with Crippen molar-refractivity contribution in [2.45, 2.75) is 71.5 Å². The number of halogens is 3. The average molecular weight is 341 g/mol. The van der Waals surface area contributed by atoms with E-state index in [0.29, 0.717) is 17.7 Å². The molecule has 0 amide bonds. The highest BCUT2D eigenvalue weighted by atomic mass is 19.4. The number of allylic oxidation sites excluding steroid dienone is 5. The number of alkyl halides is 3. The van der Waals surface area contributed by atoms with Crippen LogP contribution in [0.2, 0.25) is 6.32 Å². The molecule has 24 heavy (non-hydrogen) atoms. The quantitative estimate of drug-likeness (QED) is 0.555. The van der Waals surface area contributed by atoms with Gasteiger partial charge in [0.15, 0.2) is 0 Å². The van der Waals surface area contributed by atoms with Crippen molar-refractivity contribution in [2.24, 2.45) is 11.1 Å². The molecule has 1 fully saturated rings. The third-order valence-corrected chi connectivity index (χ3v) is 4.54. The molecule has 2 aliphatic rings. The summed E-state index contributed by atoms with van der Waals surface area (Å²) in [5, 5.41) is 0. The molecule has 2 nitrogen and oxygen atoms in total. The second-order valence-corrected chi connectivity index (χ2v) is 8.32. The molecule has 134 valence electrons. The fourth-order valence-electron chi connectivity index (χ4n) is 4.00. The van der Waals surface area contributed by atoms with Crippen LogP contribution < -0.4 is 5.73 Å². The van der Waals surface area contributed by atoms with Crippen molar-refractivity contribution in [1.82, 2.24) is 0 Å². The van der Waals surface area contributed by atoms with Crippen molar-refractivity contribution in [2.75, 3.05) is 0 Å². The van der Waals surface area contributed by atoms with Crippen molar-refractivity contribution in [3.8, 4) is 0 Å². The second kappa shape index (κ2) is 6.62. The Morgan fingerprint density at radius 3 is 2.42 bits per heavy atom. The minimum Gasteiger partial charge on any atom is -0.426 e. The number of rotatable bonds is 2. The van der Waals surface area contributed by atoms with Gasteiger partial charge in [0.2, 0.25) is 0 Å². The molecule has 1 aliphatic heterocycles. The second-order valence-electron chi connectivity index (χ2n) is 8.32. The fourth-order valence-corrected chi connectivity index (χ4v) is 4.00. The van der Waals surface area contributed by atoms with Gasteiger partial charge in [0.1, 0.15) is 0 Å². The molecule has 2 rings (SSSR count). The van der Waals surface area contributed by atoms with E-state index < -0.39 is 12.6 Å². The summed E-state index contributed by atoms with van der Waals surface area (Å²) in [6.45, 7) is 8.33. The molecular weight excluding hydrogens is 314 g/mol. The number of hydrogen-bond donors (Lipinski definition) is 1. The first-order valence-corrected chi connectivity index (χ1v) is 8.45. The average Bonchev–Trinajstić information content (AvgIpc) is 2.30. The molecule has 0 saturated carbocycles. The van der Waals surface area contributed by atoms with Crippen LogP contribution in [0.1, 0.15) is 53.4 Å². The van der Waals surface area contributed by atoms with Gasteiger partial charge in [0, 0.05) is 11.3 Å². The topological polar surface area (TPSA) is 35.2 Å². The lowest BCUT2D eigenvalue weighted by Gasteiger charge is -2.45. The van der Waals surface area contributed by atoms with Gasteiger partial charge in [0.25, 0.3) is 0 Å². The maximum atomic E-state index is 12.7. The standard InChI is InChI=1S/C18H27BF3NO/c1-16(2)11-17(3,4)24-19(12-16)14-9-8-13(10-18(20,21)22)6-5-7-15(14)23/h6-7,9H,5,8,10-12,23H2,1-4H3/b13-6+,14-9?,15-7?. The van der Waals surface area contributed by atoms with Gasteiger partial charge in [-0.15, -0.1) is 0 Å². The van der Waals surface area contributed by atoms with E-state index in [2.05, 4.69) is 27.7 Å². The van der Waals surface area contributed by atoms with Crippen LogP contribution in [0, 0.1) is 5.41 Å². The van der Waals surface area contributed by atoms with E-state index in [1.165, 1.54) is 0 Å². The highest BCUT2D eigenvalue weighted by molar-refractivity contribution is 6.62. The molecule has 1 aliphatic carbocycles. The number of hydrogen-bond acceptors (Lipinski definition) is 2. The van der Waals surface area contributed by atoms with Crippen LogP contribution >= 0.6 is 0 Å². The monoisotopic (exact) mass is 341 g/mol. The van der Waals surface area contributed by atoms with Gasteiger partial charge in [-0.1, -0.05) is 37.6 Å². The van der Waals surface area contributed by atoms with Crippen molar-refractivity contribution < 1.29 is 17.8 Å². The van der Waals surface area contributed by atoms with Crippen molar-refractivity contribution in [1.29, 1.82) is 0 Å². The molecule has 1 heterocycles. The van der Waals surface area contributed by atoms with E-state index in [-0.39, 0.29) is 24.4 Å². The van der Waals surface area contributed by atoms with E-state index in [1.54, 1.807) is 12.2 Å². The molecule has 6 heteroatoms. The summed E-state index contributed by atoms with van der Waals surface area (Å²) in [5.41, 5.74) is 7.86. The minimum atomic E-state index is -4.18. The first-order valence-electron chi connectivity index (χ1n) is 8.45. The lowest BCUT2D eigenvalue weighted by atomic mass is 9.47. The van der Waals surface area contributed by atoms with E-state index in [9.17, 15) is 13.2 Å². The smallest absolute Gasteiger partial charge is 0.392 e. The van der Waals surface area contributed by atoms with Crippen LogP contribution in [0.15, 0.2) is 35.0 Å². The third kappa shape index (κ3) is 5.44. The van der Waals surface area contributed by atoms with Gasteiger partial charge < -0.3 is 10.4 Å². The Morgan fingerprint density at radius 2 is 1.83 bits per heavy atom. The highest BCUT2D eigenvalue weighted by Gasteiger charge is 2.43. The Bertz CT molecular complexity index is 557. The maximum Gasteiger partial charge on any atom is 0.392 e. The van der Waals surface area contributed by atoms with Crippen molar-refractivity contribution >= 4 is 6.92 Å². The van der Waals surface area contributed by atoms with Gasteiger partial charge in [-0.05, 0) is 50.3 Å². The van der Waals surface area contributed by atoms with Gasteiger partial charge in [-0.25, -0.2) is 0 Å². The van der Waals surface area contributed by atoms with Gasteiger partial charge in [-0.3, -0.25) is 0 Å². The first kappa shape index (κ1) is 19.2. The lowest BCUT2D eigenvalue weighted by molar-refractivity contribution is -0.127. The molecule has 1 saturated heterocycles. The van der Waals surface area contributed by atoms with Crippen molar-refractivity contribution in [3.05, 3.63) is 35.0 Å². The van der Waals surface area contributed by atoms with E-state index in [4.69, 9.17) is 10.4 Å². The summed E-state index contributed by atoms with van der Waals surface area (Å²) in [5.74, 6) is 0. The molecule has 0 atom stereocenters. The van der Waals surface area contributed by atoms with Crippen molar-refractivity contribution in [3.63, 3.8) is 0 Å². The van der Waals surface area contributed by atoms with E-state index >= 15 is 0 Å². The van der Waals surface area contributed by atoms with Gasteiger partial charge in [0.05, 0.1) is 6.42 Å². The molecule has 0 unspecified atom stereocenters. The Morgan fingerprint density at radius 1 is 1.17 bits per heavy atom. The largest absolute Gasteiger partial charge is 0.426 e. The summed E-state index contributed by atoms with van der Waals surface area (Å²) in [7, 11) is 0. The summed E-state index contributed by atoms with van der Waals surface area (Å²) in [6, 6.07) is 0. The Balaban J connectivity index is 2.25. The zero-order valence-corrected chi connectivity index (χ0v) is 15.0. The predicted molar refractivity (Wildman–Crippen MR) is 92.5 cm³/mol. The molecule has 0 aromatic heterocycles. The molecule has 2 N–H and O–H groups in total. The third-order valence-electron chi connectivity index (χ3n) is 4.54. The zero-order valence-electron chi connectivity index (χ0n) is 15.0. The molecule has 0 aromatic carbocycles. The highest BCUT2D eigenvalue weighted by Crippen LogP contribution is 2.43. The van der Waals surface area contributed by atoms with E-state index in [0.717, 1.165) is 18.2 Å². The van der Waals surface area contributed by atoms with E-state index in [1.807, 2.05) is 6.08 Å². The Labute approximate surface area is 143 Å². The number of nitrogens with two attached hydrogens (primary N) is 1. The van der Waals surface area contributed by atoms with Crippen LogP contribution in [0.3, 0.4) is 0 Å². The van der Waals surface area contributed by atoms with Crippen LogP contribution in [-0.4, -0.2) is 18.7 Å². The first-order chi connectivity index (χ1) is 10.9.